The number of rotatable bonds is 4. The highest BCUT2D eigenvalue weighted by atomic mass is 19.1. The number of aromatic nitrogens is 2. The molecule has 0 unspecified atom stereocenters. The molecule has 0 spiro atoms. The zero-order chi connectivity index (χ0) is 13.0. The van der Waals surface area contributed by atoms with Gasteiger partial charge in [0.05, 0.1) is 5.69 Å². The van der Waals surface area contributed by atoms with Gasteiger partial charge >= 0.3 is 0 Å². The number of hydrogen-bond acceptors (Lipinski definition) is 4. The smallest absolute Gasteiger partial charge is 0.186 e. The van der Waals surface area contributed by atoms with Gasteiger partial charge in [-0.05, 0) is 45.3 Å². The van der Waals surface area contributed by atoms with Crippen LogP contribution in [-0.4, -0.2) is 41.5 Å². The molecule has 1 aromatic rings. The predicted molar refractivity (Wildman–Crippen MR) is 70.1 cm³/mol. The molecule has 1 fully saturated rings. The van der Waals surface area contributed by atoms with Crippen LogP contribution in [-0.2, 0) is 6.42 Å². The van der Waals surface area contributed by atoms with Gasteiger partial charge in [0.2, 0.25) is 0 Å². The number of nitrogens with zero attached hydrogens (tertiary/aromatic N) is 3. The summed E-state index contributed by atoms with van der Waals surface area (Å²) in [5.74, 6) is 0.661. The van der Waals surface area contributed by atoms with Crippen LogP contribution in [0.4, 0.5) is 10.2 Å². The van der Waals surface area contributed by atoms with Gasteiger partial charge in [-0.3, -0.25) is 0 Å². The normalized spacial score (nSPS) is 17.9. The van der Waals surface area contributed by atoms with E-state index in [0.717, 1.165) is 32.5 Å². The first kappa shape index (κ1) is 13.2. The van der Waals surface area contributed by atoms with Crippen molar-refractivity contribution in [1.29, 1.82) is 0 Å². The second-order valence-corrected chi connectivity index (χ2v) is 4.96. The first-order valence-corrected chi connectivity index (χ1v) is 6.62. The van der Waals surface area contributed by atoms with Crippen LogP contribution >= 0.6 is 0 Å². The fourth-order valence-electron chi connectivity index (χ4n) is 2.28. The number of hydrogen-bond donors (Lipinski definition) is 1. The van der Waals surface area contributed by atoms with Gasteiger partial charge in [-0.1, -0.05) is 6.92 Å². The Labute approximate surface area is 108 Å². The molecular weight excluding hydrogens is 231 g/mol. The molecule has 0 saturated carbocycles. The lowest BCUT2D eigenvalue weighted by atomic mass is 9.97. The Morgan fingerprint density at radius 3 is 2.78 bits per heavy atom. The molecule has 0 aliphatic carbocycles. The van der Waals surface area contributed by atoms with Crippen LogP contribution in [0.5, 0.6) is 0 Å². The van der Waals surface area contributed by atoms with E-state index in [1.807, 2.05) is 6.92 Å². The average Bonchev–Trinajstić information content (AvgIpc) is 2.39. The van der Waals surface area contributed by atoms with Crippen molar-refractivity contribution in [3.05, 3.63) is 17.8 Å². The van der Waals surface area contributed by atoms with Gasteiger partial charge in [0, 0.05) is 6.54 Å². The molecule has 0 aromatic carbocycles. The molecule has 18 heavy (non-hydrogen) atoms. The Morgan fingerprint density at radius 1 is 1.39 bits per heavy atom. The summed E-state index contributed by atoms with van der Waals surface area (Å²) in [7, 11) is 2.14. The van der Waals surface area contributed by atoms with E-state index in [1.165, 1.54) is 6.33 Å². The molecule has 0 bridgehead atoms. The summed E-state index contributed by atoms with van der Waals surface area (Å²) < 4.78 is 13.9. The maximum Gasteiger partial charge on any atom is 0.186 e. The second kappa shape index (κ2) is 6.09. The van der Waals surface area contributed by atoms with Crippen molar-refractivity contribution in [1.82, 2.24) is 14.9 Å². The monoisotopic (exact) mass is 252 g/mol. The van der Waals surface area contributed by atoms with Gasteiger partial charge < -0.3 is 10.2 Å². The lowest BCUT2D eigenvalue weighted by Gasteiger charge is -2.29. The quantitative estimate of drug-likeness (QED) is 0.889. The van der Waals surface area contributed by atoms with Crippen molar-refractivity contribution < 1.29 is 4.39 Å². The third-order valence-electron chi connectivity index (χ3n) is 3.59. The number of piperidine rings is 1. The Balaban J connectivity index is 1.90. The number of aryl methyl sites for hydroxylation is 1. The summed E-state index contributed by atoms with van der Waals surface area (Å²) in [5, 5.41) is 3.13. The zero-order valence-electron chi connectivity index (χ0n) is 11.1. The standard InChI is InChI=1S/C13H21FN4/c1-3-11-12(14)13(17-9-16-11)15-8-10-4-6-18(2)7-5-10/h9-10H,3-8H2,1-2H3,(H,15,16,17). The molecule has 100 valence electrons. The maximum absolute atomic E-state index is 13.9. The second-order valence-electron chi connectivity index (χ2n) is 4.96. The van der Waals surface area contributed by atoms with E-state index in [9.17, 15) is 4.39 Å². The Kier molecular flexibility index (Phi) is 4.47. The molecule has 1 saturated heterocycles. The molecule has 1 aliphatic heterocycles. The van der Waals surface area contributed by atoms with E-state index in [-0.39, 0.29) is 5.82 Å². The minimum Gasteiger partial charge on any atom is -0.367 e. The van der Waals surface area contributed by atoms with Crippen molar-refractivity contribution in [3.63, 3.8) is 0 Å². The van der Waals surface area contributed by atoms with Gasteiger partial charge in [0.1, 0.15) is 6.33 Å². The first-order chi connectivity index (χ1) is 8.70. The summed E-state index contributed by atoms with van der Waals surface area (Å²) in [4.78, 5) is 10.2. The molecular formula is C13H21FN4. The number of anilines is 1. The van der Waals surface area contributed by atoms with Crippen molar-refractivity contribution in [2.45, 2.75) is 26.2 Å². The van der Waals surface area contributed by atoms with E-state index < -0.39 is 0 Å². The first-order valence-electron chi connectivity index (χ1n) is 6.62. The van der Waals surface area contributed by atoms with Crippen molar-refractivity contribution >= 4 is 5.82 Å². The highest BCUT2D eigenvalue weighted by Crippen LogP contribution is 2.18. The highest BCUT2D eigenvalue weighted by Gasteiger charge is 2.17. The topological polar surface area (TPSA) is 41.1 Å². The Hall–Kier alpha value is -1.23. The van der Waals surface area contributed by atoms with Crippen LogP contribution in [0, 0.1) is 11.7 Å². The van der Waals surface area contributed by atoms with E-state index in [0.29, 0.717) is 23.9 Å². The van der Waals surface area contributed by atoms with E-state index >= 15 is 0 Å². The molecule has 0 radical (unpaired) electrons. The summed E-state index contributed by atoms with van der Waals surface area (Å²) in [6, 6.07) is 0. The summed E-state index contributed by atoms with van der Waals surface area (Å²) in [5.41, 5.74) is 0.482. The molecule has 0 atom stereocenters. The van der Waals surface area contributed by atoms with Crippen molar-refractivity contribution in [2.24, 2.45) is 5.92 Å². The van der Waals surface area contributed by atoms with E-state index in [4.69, 9.17) is 0 Å². The predicted octanol–water partition coefficient (Wildman–Crippen LogP) is 1.93. The highest BCUT2D eigenvalue weighted by molar-refractivity contribution is 5.37. The van der Waals surface area contributed by atoms with Crippen LogP contribution in [0.25, 0.3) is 0 Å². The SMILES string of the molecule is CCc1ncnc(NCC2CCN(C)CC2)c1F. The molecule has 5 heteroatoms. The van der Waals surface area contributed by atoms with Crippen LogP contribution < -0.4 is 5.32 Å². The minimum absolute atomic E-state index is 0.298. The summed E-state index contributed by atoms with van der Waals surface area (Å²) in [6.45, 7) is 4.94. The molecule has 1 aromatic heterocycles. The van der Waals surface area contributed by atoms with Crippen LogP contribution in [0.15, 0.2) is 6.33 Å². The van der Waals surface area contributed by atoms with Gasteiger partial charge in [-0.2, -0.15) is 0 Å². The maximum atomic E-state index is 13.9. The molecule has 2 rings (SSSR count). The molecule has 0 amide bonds. The minimum atomic E-state index is -0.298. The lowest BCUT2D eigenvalue weighted by molar-refractivity contribution is 0.226. The van der Waals surface area contributed by atoms with Gasteiger partial charge in [0.15, 0.2) is 11.6 Å². The molecule has 1 aliphatic rings. The van der Waals surface area contributed by atoms with Gasteiger partial charge in [0.25, 0.3) is 0 Å². The third-order valence-corrected chi connectivity index (χ3v) is 3.59. The fraction of sp³-hybridized carbons (Fsp3) is 0.692. The summed E-state index contributed by atoms with van der Waals surface area (Å²) >= 11 is 0. The van der Waals surface area contributed by atoms with Gasteiger partial charge in [-0.15, -0.1) is 0 Å². The lowest BCUT2D eigenvalue weighted by Crippen LogP contribution is -2.33. The summed E-state index contributed by atoms with van der Waals surface area (Å²) in [6.07, 6.45) is 4.35. The fourth-order valence-corrected chi connectivity index (χ4v) is 2.28. The number of nitrogens with one attached hydrogen (secondary N) is 1. The van der Waals surface area contributed by atoms with Crippen molar-refractivity contribution in [3.8, 4) is 0 Å². The van der Waals surface area contributed by atoms with E-state index in [1.54, 1.807) is 0 Å². The Bertz CT molecular complexity index is 389. The Morgan fingerprint density at radius 2 is 2.11 bits per heavy atom. The molecule has 1 N–H and O–H groups in total. The van der Waals surface area contributed by atoms with Crippen molar-refractivity contribution in [2.75, 3.05) is 32.0 Å². The van der Waals surface area contributed by atoms with E-state index in [2.05, 4.69) is 27.2 Å². The molecule has 2 heterocycles. The molecule has 4 nitrogen and oxygen atoms in total. The third kappa shape index (κ3) is 3.16. The van der Waals surface area contributed by atoms with Crippen LogP contribution in [0.3, 0.4) is 0 Å². The van der Waals surface area contributed by atoms with Crippen LogP contribution in [0.2, 0.25) is 0 Å². The number of halogens is 1. The van der Waals surface area contributed by atoms with Crippen LogP contribution in [0.1, 0.15) is 25.5 Å². The average molecular weight is 252 g/mol. The largest absolute Gasteiger partial charge is 0.367 e. The zero-order valence-corrected chi connectivity index (χ0v) is 11.1. The van der Waals surface area contributed by atoms with Gasteiger partial charge in [-0.25, -0.2) is 14.4 Å². The number of likely N-dealkylation sites (tertiary alicyclic amines) is 1.